The smallest absolute Gasteiger partial charge is 0.301 e. The Morgan fingerprint density at radius 1 is 0.969 bits per heavy atom. The maximum Gasteiger partial charge on any atom is 0.301 e. The monoisotopic (exact) mass is 434 g/mol. The second kappa shape index (κ2) is 10.3. The zero-order valence-corrected chi connectivity index (χ0v) is 17.6. The van der Waals surface area contributed by atoms with Crippen molar-refractivity contribution in [1.82, 2.24) is 0 Å². The van der Waals surface area contributed by atoms with Gasteiger partial charge in [-0.1, -0.05) is 61.5 Å². The normalized spacial score (nSPS) is 12.2. The molecule has 0 fully saturated rings. The van der Waals surface area contributed by atoms with Crippen LogP contribution in [0.2, 0.25) is 0 Å². The Morgan fingerprint density at radius 2 is 1.62 bits per heavy atom. The molecule has 32 heavy (non-hydrogen) atoms. The summed E-state index contributed by atoms with van der Waals surface area (Å²) in [6.07, 6.45) is 0.0571. The Balaban J connectivity index is 1.86. The fourth-order valence-corrected chi connectivity index (χ4v) is 3.28. The Morgan fingerprint density at radius 3 is 2.19 bits per heavy atom. The predicted octanol–water partition coefficient (Wildman–Crippen LogP) is 5.74. The number of benzene rings is 3. The van der Waals surface area contributed by atoms with Crippen LogP contribution in [0.1, 0.15) is 25.0 Å². The van der Waals surface area contributed by atoms with Crippen molar-refractivity contribution in [2.24, 2.45) is 5.10 Å². The molecule has 1 atom stereocenters. The number of nitro benzene ring substituents is 2. The number of nitrogens with zero attached hydrogens (tertiary/aromatic N) is 3. The molecule has 9 nitrogen and oxygen atoms in total. The molecular weight excluding hydrogens is 412 g/mol. The number of hydrazone groups is 1. The fourth-order valence-electron chi connectivity index (χ4n) is 3.28. The first-order valence-electron chi connectivity index (χ1n) is 9.88. The van der Waals surface area contributed by atoms with E-state index in [9.17, 15) is 20.2 Å². The summed E-state index contributed by atoms with van der Waals surface area (Å²) in [6, 6.07) is 21.2. The first-order valence-corrected chi connectivity index (χ1v) is 9.88. The van der Waals surface area contributed by atoms with Gasteiger partial charge >= 0.3 is 5.69 Å². The molecule has 3 aromatic rings. The summed E-state index contributed by atoms with van der Waals surface area (Å²) in [5.41, 5.74) is 5.61. The van der Waals surface area contributed by atoms with Gasteiger partial charge in [-0.15, -0.1) is 0 Å². The second-order valence-electron chi connectivity index (χ2n) is 6.89. The van der Waals surface area contributed by atoms with Crippen LogP contribution in [0, 0.1) is 20.2 Å². The number of nitro groups is 2. The topological polar surface area (TPSA) is 120 Å². The van der Waals surface area contributed by atoms with Crippen molar-refractivity contribution >= 4 is 22.8 Å². The Labute approximate surface area is 184 Å². The van der Waals surface area contributed by atoms with E-state index >= 15 is 0 Å². The minimum Gasteiger partial charge on any atom is -0.371 e. The van der Waals surface area contributed by atoms with Crippen LogP contribution < -0.4 is 5.43 Å². The highest BCUT2D eigenvalue weighted by atomic mass is 16.6. The highest BCUT2D eigenvalue weighted by Gasteiger charge is 2.21. The van der Waals surface area contributed by atoms with E-state index in [1.807, 2.05) is 61.5 Å². The Hall–Kier alpha value is -4.11. The number of ether oxygens (including phenoxy) is 1. The summed E-state index contributed by atoms with van der Waals surface area (Å²) in [7, 11) is 1.56. The minimum absolute atomic E-state index is 0.0563. The highest BCUT2D eigenvalue weighted by Crippen LogP contribution is 2.30. The van der Waals surface area contributed by atoms with Crippen LogP contribution in [0.25, 0.3) is 11.1 Å². The first-order chi connectivity index (χ1) is 15.4. The molecule has 3 rings (SSSR count). The molecule has 0 heterocycles. The summed E-state index contributed by atoms with van der Waals surface area (Å²) in [6.45, 7) is 1.90. The molecule has 9 heteroatoms. The molecule has 0 amide bonds. The molecule has 0 aliphatic rings. The third-order valence-corrected chi connectivity index (χ3v) is 4.93. The summed E-state index contributed by atoms with van der Waals surface area (Å²) >= 11 is 0. The Bertz CT molecular complexity index is 1130. The molecule has 0 radical (unpaired) electrons. The highest BCUT2D eigenvalue weighted by molar-refractivity contribution is 5.90. The van der Waals surface area contributed by atoms with Crippen LogP contribution in [-0.2, 0) is 4.74 Å². The van der Waals surface area contributed by atoms with Gasteiger partial charge in [0.15, 0.2) is 0 Å². The van der Waals surface area contributed by atoms with Gasteiger partial charge in [0.2, 0.25) is 0 Å². The number of hydrogen-bond acceptors (Lipinski definition) is 7. The lowest BCUT2D eigenvalue weighted by Gasteiger charge is -2.18. The maximum atomic E-state index is 11.3. The molecule has 0 aliphatic heterocycles. The number of rotatable bonds is 9. The van der Waals surface area contributed by atoms with E-state index < -0.39 is 21.6 Å². The van der Waals surface area contributed by atoms with E-state index in [1.54, 1.807) is 7.11 Å². The number of anilines is 1. The molecule has 3 aromatic carbocycles. The van der Waals surface area contributed by atoms with Gasteiger partial charge in [-0.05, 0) is 29.2 Å². The van der Waals surface area contributed by atoms with Gasteiger partial charge in [-0.3, -0.25) is 25.7 Å². The van der Waals surface area contributed by atoms with Crippen LogP contribution in [-0.4, -0.2) is 22.7 Å². The van der Waals surface area contributed by atoms with E-state index in [2.05, 4.69) is 10.5 Å². The van der Waals surface area contributed by atoms with E-state index in [0.717, 1.165) is 22.8 Å². The van der Waals surface area contributed by atoms with Crippen molar-refractivity contribution in [3.63, 3.8) is 0 Å². The molecule has 1 N–H and O–H groups in total. The summed E-state index contributed by atoms with van der Waals surface area (Å²) < 4.78 is 5.66. The maximum absolute atomic E-state index is 11.3. The van der Waals surface area contributed by atoms with Crippen LogP contribution >= 0.6 is 0 Å². The first kappa shape index (κ1) is 22.6. The quantitative estimate of drug-likeness (QED) is 0.261. The van der Waals surface area contributed by atoms with Crippen molar-refractivity contribution in [3.05, 3.63) is 98.6 Å². The second-order valence-corrected chi connectivity index (χ2v) is 6.89. The van der Waals surface area contributed by atoms with E-state index in [-0.39, 0.29) is 11.4 Å². The van der Waals surface area contributed by atoms with Gasteiger partial charge in [0.1, 0.15) is 11.8 Å². The molecule has 0 saturated carbocycles. The van der Waals surface area contributed by atoms with Crippen LogP contribution in [0.3, 0.4) is 0 Å². The molecular formula is C23H22N4O5. The zero-order valence-electron chi connectivity index (χ0n) is 17.6. The molecule has 0 bridgehead atoms. The standard InChI is InChI=1S/C23H22N4O5/c1-3-20(24-25-21-14-13-19(26(28)29)15-22(21)27(30)31)23(32-2)18-11-9-17(10-12-18)16-7-5-4-6-8-16/h4-15,23,25H,3H2,1-2H3. The Kier molecular flexibility index (Phi) is 7.25. The number of hydrogen-bond donors (Lipinski definition) is 1. The summed E-state index contributed by atoms with van der Waals surface area (Å²) in [5, 5.41) is 26.6. The third-order valence-electron chi connectivity index (χ3n) is 4.93. The minimum atomic E-state index is -0.688. The van der Waals surface area contributed by atoms with Crippen LogP contribution in [0.5, 0.6) is 0 Å². The largest absolute Gasteiger partial charge is 0.371 e. The van der Waals surface area contributed by atoms with Crippen molar-refractivity contribution in [1.29, 1.82) is 0 Å². The zero-order chi connectivity index (χ0) is 23.1. The SMILES string of the molecule is CCC(=NNc1ccc([N+](=O)[O-])cc1[N+](=O)[O-])C(OC)c1ccc(-c2ccccc2)cc1. The predicted molar refractivity (Wildman–Crippen MR) is 123 cm³/mol. The molecule has 0 saturated heterocycles. The lowest BCUT2D eigenvalue weighted by molar-refractivity contribution is -0.393. The average molecular weight is 434 g/mol. The van der Waals surface area contributed by atoms with E-state index in [4.69, 9.17) is 4.74 Å². The molecule has 1 unspecified atom stereocenters. The van der Waals surface area contributed by atoms with Gasteiger partial charge < -0.3 is 4.74 Å². The third kappa shape index (κ3) is 5.13. The molecule has 164 valence electrons. The van der Waals surface area contributed by atoms with Crippen LogP contribution in [0.15, 0.2) is 77.9 Å². The van der Waals surface area contributed by atoms with Crippen LogP contribution in [0.4, 0.5) is 17.1 Å². The number of nitrogens with one attached hydrogen (secondary N) is 1. The lowest BCUT2D eigenvalue weighted by atomic mass is 9.99. The fraction of sp³-hybridized carbons (Fsp3) is 0.174. The average Bonchev–Trinajstić information content (AvgIpc) is 2.82. The molecule has 0 spiro atoms. The van der Waals surface area contributed by atoms with Gasteiger partial charge in [-0.25, -0.2) is 0 Å². The lowest BCUT2D eigenvalue weighted by Crippen LogP contribution is -2.16. The van der Waals surface area contributed by atoms with Gasteiger partial charge in [0.05, 0.1) is 21.6 Å². The van der Waals surface area contributed by atoms with Crippen molar-refractivity contribution < 1.29 is 14.6 Å². The van der Waals surface area contributed by atoms with Crippen molar-refractivity contribution in [2.45, 2.75) is 19.4 Å². The molecule has 0 aromatic heterocycles. The summed E-state index contributed by atoms with van der Waals surface area (Å²) in [4.78, 5) is 20.9. The van der Waals surface area contributed by atoms with E-state index in [0.29, 0.717) is 12.1 Å². The number of non-ortho nitro benzene ring substituents is 1. The van der Waals surface area contributed by atoms with E-state index in [1.165, 1.54) is 12.1 Å². The van der Waals surface area contributed by atoms with Crippen molar-refractivity contribution in [2.75, 3.05) is 12.5 Å². The van der Waals surface area contributed by atoms with Crippen molar-refractivity contribution in [3.8, 4) is 11.1 Å². The van der Waals surface area contributed by atoms with Gasteiger partial charge in [0.25, 0.3) is 5.69 Å². The summed E-state index contributed by atoms with van der Waals surface area (Å²) in [5.74, 6) is 0. The number of methoxy groups -OCH3 is 1. The van der Waals surface area contributed by atoms with Gasteiger partial charge in [0, 0.05) is 13.2 Å². The molecule has 0 aliphatic carbocycles. The van der Waals surface area contributed by atoms with Gasteiger partial charge in [-0.2, -0.15) is 5.10 Å².